The molecule has 0 aliphatic carbocycles. The van der Waals surface area contributed by atoms with Gasteiger partial charge in [0, 0.05) is 6.61 Å². The van der Waals surface area contributed by atoms with Crippen molar-refractivity contribution in [1.82, 2.24) is 0 Å². The molecule has 4 heteroatoms. The summed E-state index contributed by atoms with van der Waals surface area (Å²) in [4.78, 5) is 0. The average Bonchev–Trinajstić information content (AvgIpc) is 2.11. The van der Waals surface area contributed by atoms with Gasteiger partial charge < -0.3 is 20.1 Å². The highest BCUT2D eigenvalue weighted by Crippen LogP contribution is 2.00. The molecule has 2 atom stereocenters. The zero-order valence-electron chi connectivity index (χ0n) is 7.44. The van der Waals surface area contributed by atoms with Crippen molar-refractivity contribution in [3.63, 3.8) is 0 Å². The summed E-state index contributed by atoms with van der Waals surface area (Å²) in [6, 6.07) is 0. The zero-order valence-corrected chi connectivity index (χ0v) is 7.44. The van der Waals surface area contributed by atoms with Crippen LogP contribution in [0.5, 0.6) is 0 Å². The van der Waals surface area contributed by atoms with E-state index in [-0.39, 0.29) is 13.2 Å². The van der Waals surface area contributed by atoms with Crippen molar-refractivity contribution in [2.45, 2.75) is 32.0 Å². The molecule has 12 heavy (non-hydrogen) atoms. The smallest absolute Gasteiger partial charge is 0.109 e. The van der Waals surface area contributed by atoms with Gasteiger partial charge in [0.1, 0.15) is 12.2 Å². The molecule has 2 unspecified atom stereocenters. The molecule has 0 amide bonds. The van der Waals surface area contributed by atoms with Crippen molar-refractivity contribution in [1.29, 1.82) is 0 Å². The van der Waals surface area contributed by atoms with Crippen LogP contribution in [-0.2, 0) is 4.74 Å². The van der Waals surface area contributed by atoms with Crippen LogP contribution in [-0.4, -0.2) is 47.3 Å². The fourth-order valence-corrected chi connectivity index (χ4v) is 0.782. The van der Waals surface area contributed by atoms with Crippen LogP contribution >= 0.6 is 0 Å². The molecule has 74 valence electrons. The number of hydrogen-bond donors (Lipinski definition) is 3. The van der Waals surface area contributed by atoms with Crippen LogP contribution in [0.2, 0.25) is 0 Å². The largest absolute Gasteiger partial charge is 0.394 e. The van der Waals surface area contributed by atoms with Gasteiger partial charge in [0.2, 0.25) is 0 Å². The molecule has 0 aromatic heterocycles. The molecule has 4 nitrogen and oxygen atoms in total. The van der Waals surface area contributed by atoms with Gasteiger partial charge in [0.15, 0.2) is 0 Å². The van der Waals surface area contributed by atoms with Crippen molar-refractivity contribution >= 4 is 0 Å². The van der Waals surface area contributed by atoms with Crippen LogP contribution in [0.4, 0.5) is 0 Å². The molecule has 0 heterocycles. The maximum atomic E-state index is 9.08. The van der Waals surface area contributed by atoms with E-state index in [1.807, 2.05) is 6.92 Å². The first-order valence-electron chi connectivity index (χ1n) is 4.27. The van der Waals surface area contributed by atoms with Crippen LogP contribution in [0.25, 0.3) is 0 Å². The Hall–Kier alpha value is -0.160. The van der Waals surface area contributed by atoms with Crippen molar-refractivity contribution < 1.29 is 20.1 Å². The predicted molar refractivity (Wildman–Crippen MR) is 44.8 cm³/mol. The third-order valence-corrected chi connectivity index (χ3v) is 1.63. The number of aliphatic hydroxyl groups is 3. The van der Waals surface area contributed by atoms with Crippen molar-refractivity contribution in [3.05, 3.63) is 0 Å². The Morgan fingerprint density at radius 1 is 1.25 bits per heavy atom. The Morgan fingerprint density at radius 2 is 1.92 bits per heavy atom. The summed E-state index contributed by atoms with van der Waals surface area (Å²) in [5.74, 6) is 0. The Bertz CT molecular complexity index is 97.1. The normalized spacial score (nSPS) is 16.0. The summed E-state index contributed by atoms with van der Waals surface area (Å²) in [6.07, 6.45) is 0.274. The quantitative estimate of drug-likeness (QED) is 0.460. The molecular weight excluding hydrogens is 160 g/mol. The first kappa shape index (κ1) is 11.8. The highest BCUT2D eigenvalue weighted by molar-refractivity contribution is 4.66. The molecule has 0 aliphatic heterocycles. The summed E-state index contributed by atoms with van der Waals surface area (Å²) in [5.41, 5.74) is 0. The van der Waals surface area contributed by atoms with Gasteiger partial charge in [-0.3, -0.25) is 0 Å². The highest BCUT2D eigenvalue weighted by atomic mass is 16.5. The molecule has 0 radical (unpaired) electrons. The molecule has 0 saturated carbocycles. The van der Waals surface area contributed by atoms with E-state index in [0.717, 1.165) is 12.8 Å². The Kier molecular flexibility index (Phi) is 7.39. The number of hydrogen-bond acceptors (Lipinski definition) is 4. The van der Waals surface area contributed by atoms with Gasteiger partial charge in [-0.25, -0.2) is 0 Å². The third kappa shape index (κ3) is 4.66. The lowest BCUT2D eigenvalue weighted by Crippen LogP contribution is -2.35. The minimum Gasteiger partial charge on any atom is -0.394 e. The van der Waals surface area contributed by atoms with Crippen molar-refractivity contribution in [2.75, 3.05) is 19.8 Å². The number of ether oxygens (including phenoxy) is 1. The van der Waals surface area contributed by atoms with Gasteiger partial charge in [-0.05, 0) is 6.42 Å². The van der Waals surface area contributed by atoms with E-state index in [2.05, 4.69) is 0 Å². The Labute approximate surface area is 72.8 Å². The summed E-state index contributed by atoms with van der Waals surface area (Å²) < 4.78 is 5.12. The van der Waals surface area contributed by atoms with Gasteiger partial charge in [0.25, 0.3) is 0 Å². The van der Waals surface area contributed by atoms with E-state index in [9.17, 15) is 0 Å². The van der Waals surface area contributed by atoms with Crippen molar-refractivity contribution in [3.8, 4) is 0 Å². The molecule has 3 N–H and O–H groups in total. The summed E-state index contributed by atoms with van der Waals surface area (Å²) in [6.45, 7) is 1.90. The van der Waals surface area contributed by atoms with Crippen LogP contribution in [0, 0.1) is 0 Å². The maximum Gasteiger partial charge on any atom is 0.109 e. The van der Waals surface area contributed by atoms with Gasteiger partial charge >= 0.3 is 0 Å². The minimum atomic E-state index is -0.980. The van der Waals surface area contributed by atoms with Gasteiger partial charge in [-0.1, -0.05) is 13.3 Å². The van der Waals surface area contributed by atoms with E-state index >= 15 is 0 Å². The molecule has 0 aromatic carbocycles. The first-order valence-corrected chi connectivity index (χ1v) is 4.27. The SMILES string of the molecule is CCCCOC(CO)C(O)CO. The molecule has 0 saturated heterocycles. The van der Waals surface area contributed by atoms with Gasteiger partial charge in [0.05, 0.1) is 13.2 Å². The van der Waals surface area contributed by atoms with Crippen LogP contribution in [0.3, 0.4) is 0 Å². The van der Waals surface area contributed by atoms with E-state index in [0.29, 0.717) is 6.61 Å². The molecular formula is C8H18O4. The fraction of sp³-hybridized carbons (Fsp3) is 1.00. The van der Waals surface area contributed by atoms with E-state index in [1.165, 1.54) is 0 Å². The monoisotopic (exact) mass is 178 g/mol. The minimum absolute atomic E-state index is 0.258. The summed E-state index contributed by atoms with van der Waals surface area (Å²) in [5, 5.41) is 26.4. The maximum absolute atomic E-state index is 9.08. The van der Waals surface area contributed by atoms with Crippen LogP contribution in [0.15, 0.2) is 0 Å². The Morgan fingerprint density at radius 3 is 2.33 bits per heavy atom. The van der Waals surface area contributed by atoms with Crippen LogP contribution in [0.1, 0.15) is 19.8 Å². The number of rotatable bonds is 7. The molecule has 0 bridgehead atoms. The van der Waals surface area contributed by atoms with Crippen molar-refractivity contribution in [2.24, 2.45) is 0 Å². The Balaban J connectivity index is 3.52. The van der Waals surface area contributed by atoms with Gasteiger partial charge in [-0.2, -0.15) is 0 Å². The summed E-state index contributed by atoms with van der Waals surface area (Å²) in [7, 11) is 0. The number of aliphatic hydroxyl groups excluding tert-OH is 3. The second-order valence-corrected chi connectivity index (χ2v) is 2.70. The topological polar surface area (TPSA) is 69.9 Å². The lowest BCUT2D eigenvalue weighted by atomic mass is 10.2. The standard InChI is InChI=1S/C8H18O4/c1-2-3-4-12-8(6-10)7(11)5-9/h7-11H,2-6H2,1H3. The molecule has 0 fully saturated rings. The first-order chi connectivity index (χ1) is 5.76. The molecule has 0 spiro atoms. The van der Waals surface area contributed by atoms with E-state index in [4.69, 9.17) is 20.1 Å². The second kappa shape index (κ2) is 7.49. The fourth-order valence-electron chi connectivity index (χ4n) is 0.782. The summed E-state index contributed by atoms with van der Waals surface area (Å²) >= 11 is 0. The lowest BCUT2D eigenvalue weighted by Gasteiger charge is -2.19. The average molecular weight is 178 g/mol. The molecule has 0 aliphatic rings. The third-order valence-electron chi connectivity index (χ3n) is 1.63. The molecule has 0 aromatic rings. The van der Waals surface area contributed by atoms with Crippen LogP contribution < -0.4 is 0 Å². The highest BCUT2D eigenvalue weighted by Gasteiger charge is 2.17. The number of unbranched alkanes of at least 4 members (excludes halogenated alkanes) is 1. The molecule has 0 rings (SSSR count). The van der Waals surface area contributed by atoms with E-state index < -0.39 is 12.2 Å². The van der Waals surface area contributed by atoms with Gasteiger partial charge in [-0.15, -0.1) is 0 Å². The zero-order chi connectivity index (χ0) is 9.40. The van der Waals surface area contributed by atoms with E-state index in [1.54, 1.807) is 0 Å². The predicted octanol–water partition coefficient (Wildman–Crippen LogP) is -0.483. The second-order valence-electron chi connectivity index (χ2n) is 2.70. The lowest BCUT2D eigenvalue weighted by molar-refractivity contribution is -0.0799.